The molecule has 1 aliphatic rings. The van der Waals surface area contributed by atoms with Gasteiger partial charge in [-0.1, -0.05) is 49.4 Å². The normalized spacial score (nSPS) is 18.7. The van der Waals surface area contributed by atoms with Crippen LogP contribution in [0.25, 0.3) is 5.69 Å². The van der Waals surface area contributed by atoms with Crippen LogP contribution in [0.4, 0.5) is 4.39 Å². The Kier molecular flexibility index (Phi) is 5.40. The molecule has 1 atom stereocenters. The number of hydrogen-bond acceptors (Lipinski definition) is 4. The summed E-state index contributed by atoms with van der Waals surface area (Å²) in [7, 11) is 0. The number of aryl methyl sites for hydroxylation is 1. The minimum Gasteiger partial charge on any atom is -0.380 e. The number of para-hydroxylation sites is 1. The number of hydrogen-bond donors (Lipinski definition) is 1. The van der Waals surface area contributed by atoms with E-state index in [0.29, 0.717) is 32.0 Å². The molecule has 1 amide bonds. The maximum atomic E-state index is 14.2. The summed E-state index contributed by atoms with van der Waals surface area (Å²) in [4.78, 5) is 17.1. The zero-order valence-corrected chi connectivity index (χ0v) is 16.3. The zero-order valence-electron chi connectivity index (χ0n) is 16.3. The Balaban J connectivity index is 1.55. The number of ether oxygens (including phenoxy) is 1. The summed E-state index contributed by atoms with van der Waals surface area (Å²) in [6.07, 6.45) is 1.35. The van der Waals surface area contributed by atoms with Crippen LogP contribution in [0, 0.1) is 5.82 Å². The van der Waals surface area contributed by atoms with Gasteiger partial charge >= 0.3 is 0 Å². The van der Waals surface area contributed by atoms with Crippen molar-refractivity contribution in [3.8, 4) is 5.69 Å². The average Bonchev–Trinajstić information content (AvgIpc) is 3.41. The van der Waals surface area contributed by atoms with Crippen LogP contribution in [0.15, 0.2) is 54.6 Å². The SMILES string of the molecule is CCc1nc(C(=O)NCC2(c3ccccc3)CCOC2)nn1-c1ccccc1F. The standard InChI is InChI=1S/C22H23FN4O2/c1-2-19-25-20(26-27(19)18-11-7-6-10-17(18)23)21(28)24-14-22(12-13-29-15-22)16-8-4-3-5-9-16/h3-11H,2,12-15H2,1H3,(H,24,28). The van der Waals surface area contributed by atoms with Gasteiger partial charge in [-0.25, -0.2) is 14.1 Å². The Morgan fingerprint density at radius 2 is 1.97 bits per heavy atom. The topological polar surface area (TPSA) is 69.0 Å². The Morgan fingerprint density at radius 3 is 2.66 bits per heavy atom. The van der Waals surface area contributed by atoms with Crippen molar-refractivity contribution < 1.29 is 13.9 Å². The molecule has 4 rings (SSSR count). The Bertz CT molecular complexity index is 997. The first-order chi connectivity index (χ1) is 14.1. The van der Waals surface area contributed by atoms with Gasteiger partial charge in [0.2, 0.25) is 5.82 Å². The number of rotatable bonds is 6. The summed E-state index contributed by atoms with van der Waals surface area (Å²) >= 11 is 0. The van der Waals surface area contributed by atoms with Crippen LogP contribution in [0.3, 0.4) is 0 Å². The smallest absolute Gasteiger partial charge is 0.291 e. The number of nitrogens with zero attached hydrogens (tertiary/aromatic N) is 3. The first-order valence-electron chi connectivity index (χ1n) is 9.75. The van der Waals surface area contributed by atoms with E-state index in [-0.39, 0.29) is 22.8 Å². The fourth-order valence-electron chi connectivity index (χ4n) is 3.68. The lowest BCUT2D eigenvalue weighted by Gasteiger charge is -2.28. The molecule has 150 valence electrons. The van der Waals surface area contributed by atoms with Crippen molar-refractivity contribution in [2.75, 3.05) is 19.8 Å². The lowest BCUT2D eigenvalue weighted by Crippen LogP contribution is -2.41. The van der Waals surface area contributed by atoms with Gasteiger partial charge in [0.05, 0.1) is 6.61 Å². The summed E-state index contributed by atoms with van der Waals surface area (Å²) in [5.74, 6) is -0.225. The molecule has 0 radical (unpaired) electrons. The number of carbonyl (C=O) groups is 1. The number of benzene rings is 2. The van der Waals surface area contributed by atoms with Crippen LogP contribution in [-0.4, -0.2) is 40.4 Å². The van der Waals surface area contributed by atoms with E-state index < -0.39 is 5.82 Å². The van der Waals surface area contributed by atoms with E-state index >= 15 is 0 Å². The molecule has 1 saturated heterocycles. The molecule has 3 aromatic rings. The van der Waals surface area contributed by atoms with Crippen molar-refractivity contribution in [2.45, 2.75) is 25.2 Å². The fraction of sp³-hybridized carbons (Fsp3) is 0.318. The summed E-state index contributed by atoms with van der Waals surface area (Å²) < 4.78 is 21.2. The highest BCUT2D eigenvalue weighted by atomic mass is 19.1. The number of halogens is 1. The van der Waals surface area contributed by atoms with E-state index in [9.17, 15) is 9.18 Å². The van der Waals surface area contributed by atoms with Crippen LogP contribution in [0.2, 0.25) is 0 Å². The van der Waals surface area contributed by atoms with Crippen LogP contribution < -0.4 is 5.32 Å². The molecule has 2 aromatic carbocycles. The maximum Gasteiger partial charge on any atom is 0.291 e. The Hall–Kier alpha value is -3.06. The highest BCUT2D eigenvalue weighted by molar-refractivity contribution is 5.90. The quantitative estimate of drug-likeness (QED) is 0.698. The van der Waals surface area contributed by atoms with E-state index in [2.05, 4.69) is 27.5 Å². The first kappa shape index (κ1) is 19.3. The molecule has 6 nitrogen and oxygen atoms in total. The number of aromatic nitrogens is 3. The van der Waals surface area contributed by atoms with Gasteiger partial charge < -0.3 is 10.1 Å². The van der Waals surface area contributed by atoms with Crippen molar-refractivity contribution in [1.82, 2.24) is 20.1 Å². The first-order valence-corrected chi connectivity index (χ1v) is 9.75. The molecule has 0 spiro atoms. The monoisotopic (exact) mass is 394 g/mol. The van der Waals surface area contributed by atoms with E-state index in [1.165, 1.54) is 10.7 Å². The Labute approximate surface area is 168 Å². The summed E-state index contributed by atoms with van der Waals surface area (Å²) in [5, 5.41) is 7.23. The maximum absolute atomic E-state index is 14.2. The molecule has 0 aliphatic carbocycles. The predicted octanol–water partition coefficient (Wildman–Crippen LogP) is 3.06. The number of nitrogens with one attached hydrogen (secondary N) is 1. The van der Waals surface area contributed by atoms with Crippen LogP contribution in [-0.2, 0) is 16.6 Å². The molecule has 0 saturated carbocycles. The van der Waals surface area contributed by atoms with Gasteiger partial charge in [0.15, 0.2) is 0 Å². The summed E-state index contributed by atoms with van der Waals surface area (Å²) in [6, 6.07) is 16.4. The van der Waals surface area contributed by atoms with E-state index in [1.807, 2.05) is 25.1 Å². The third kappa shape index (κ3) is 3.78. The Morgan fingerprint density at radius 1 is 1.21 bits per heavy atom. The molecule has 1 N–H and O–H groups in total. The van der Waals surface area contributed by atoms with Crippen molar-refractivity contribution in [2.24, 2.45) is 0 Å². The molecular formula is C22H23FN4O2. The van der Waals surface area contributed by atoms with Gasteiger partial charge in [0.25, 0.3) is 5.91 Å². The molecule has 1 fully saturated rings. The van der Waals surface area contributed by atoms with Gasteiger partial charge in [0, 0.05) is 25.0 Å². The van der Waals surface area contributed by atoms with Crippen molar-refractivity contribution in [1.29, 1.82) is 0 Å². The van der Waals surface area contributed by atoms with Crippen molar-refractivity contribution in [3.63, 3.8) is 0 Å². The second-order valence-corrected chi connectivity index (χ2v) is 7.20. The van der Waals surface area contributed by atoms with Crippen LogP contribution in [0.5, 0.6) is 0 Å². The lowest BCUT2D eigenvalue weighted by molar-refractivity contribution is 0.0928. The predicted molar refractivity (Wildman–Crippen MR) is 107 cm³/mol. The molecule has 7 heteroatoms. The van der Waals surface area contributed by atoms with E-state index in [1.54, 1.807) is 18.2 Å². The highest BCUT2D eigenvalue weighted by Gasteiger charge is 2.37. The number of carbonyl (C=O) groups excluding carboxylic acids is 1. The lowest BCUT2D eigenvalue weighted by atomic mass is 9.80. The molecule has 1 aliphatic heterocycles. The van der Waals surface area contributed by atoms with Gasteiger partial charge in [0.1, 0.15) is 17.3 Å². The molecule has 1 aromatic heterocycles. The van der Waals surface area contributed by atoms with Crippen molar-refractivity contribution >= 4 is 5.91 Å². The van der Waals surface area contributed by atoms with Crippen LogP contribution >= 0.6 is 0 Å². The second-order valence-electron chi connectivity index (χ2n) is 7.20. The van der Waals surface area contributed by atoms with Gasteiger partial charge in [-0.3, -0.25) is 4.79 Å². The molecular weight excluding hydrogens is 371 g/mol. The van der Waals surface area contributed by atoms with E-state index in [0.717, 1.165) is 12.0 Å². The van der Waals surface area contributed by atoms with Gasteiger partial charge in [-0.2, -0.15) is 0 Å². The molecule has 29 heavy (non-hydrogen) atoms. The third-order valence-electron chi connectivity index (χ3n) is 5.35. The summed E-state index contributed by atoms with van der Waals surface area (Å²) in [5.41, 5.74) is 1.15. The highest BCUT2D eigenvalue weighted by Crippen LogP contribution is 2.32. The largest absolute Gasteiger partial charge is 0.380 e. The third-order valence-corrected chi connectivity index (χ3v) is 5.35. The van der Waals surface area contributed by atoms with Gasteiger partial charge in [-0.15, -0.1) is 5.10 Å². The zero-order chi connectivity index (χ0) is 20.3. The van der Waals surface area contributed by atoms with Crippen LogP contribution in [0.1, 0.15) is 35.4 Å². The number of amides is 1. The van der Waals surface area contributed by atoms with E-state index in [4.69, 9.17) is 4.74 Å². The van der Waals surface area contributed by atoms with Crippen molar-refractivity contribution in [3.05, 3.63) is 77.6 Å². The summed E-state index contributed by atoms with van der Waals surface area (Å²) in [6.45, 7) is 3.52. The fourth-order valence-corrected chi connectivity index (χ4v) is 3.68. The van der Waals surface area contributed by atoms with Gasteiger partial charge in [-0.05, 0) is 24.1 Å². The molecule has 1 unspecified atom stereocenters. The second kappa shape index (κ2) is 8.13. The minimum atomic E-state index is -0.412. The molecule has 2 heterocycles. The molecule has 0 bridgehead atoms. The average molecular weight is 394 g/mol. The minimum absolute atomic E-state index is 0.0345.